The number of fused-ring (bicyclic) bond motifs is 8. The Bertz CT molecular complexity index is 2850. The van der Waals surface area contributed by atoms with Crippen molar-refractivity contribution < 1.29 is 4.74 Å². The second-order valence-corrected chi connectivity index (χ2v) is 15.5. The quantitative estimate of drug-likeness (QED) is 0.177. The molecule has 11 rings (SSSR count). The topological polar surface area (TPSA) is 35.0 Å². The molecule has 0 fully saturated rings. The molecule has 2 heterocycles. The number of hydrogen-bond acceptors (Lipinski definition) is 3. The van der Waals surface area contributed by atoms with E-state index >= 15 is 0 Å². The average molecular weight is 733 g/mol. The molecule has 6 aromatic carbocycles. The van der Waals surface area contributed by atoms with E-state index in [0.717, 1.165) is 68.9 Å². The lowest BCUT2D eigenvalue weighted by molar-refractivity contribution is 0.203. The van der Waals surface area contributed by atoms with Crippen molar-refractivity contribution in [2.75, 3.05) is 0 Å². The third-order valence-electron chi connectivity index (χ3n) is 12.3. The molecule has 1 spiro atoms. The average Bonchev–Trinajstić information content (AvgIpc) is 3.58. The van der Waals surface area contributed by atoms with Gasteiger partial charge in [-0.25, -0.2) is 9.97 Å². The Labute approximate surface area is 334 Å². The largest absolute Gasteiger partial charge is 0.485 e. The molecule has 0 radical (unpaired) electrons. The predicted molar refractivity (Wildman–Crippen MR) is 233 cm³/mol. The molecule has 0 N–H and O–H groups in total. The highest BCUT2D eigenvalue weighted by atomic mass is 16.5. The fourth-order valence-corrected chi connectivity index (χ4v) is 9.97. The van der Waals surface area contributed by atoms with Crippen LogP contribution in [0.3, 0.4) is 0 Å². The zero-order valence-electron chi connectivity index (χ0n) is 31.8. The number of allylic oxidation sites excluding steroid dienone is 6. The van der Waals surface area contributed by atoms with E-state index < -0.39 is 5.41 Å². The van der Waals surface area contributed by atoms with Crippen LogP contribution in [0.25, 0.3) is 61.7 Å². The number of benzene rings is 6. The van der Waals surface area contributed by atoms with Gasteiger partial charge in [0.05, 0.1) is 16.8 Å². The summed E-state index contributed by atoms with van der Waals surface area (Å²) in [5.41, 5.74) is 16.9. The lowest BCUT2D eigenvalue weighted by atomic mass is 9.59. The van der Waals surface area contributed by atoms with Crippen molar-refractivity contribution in [1.29, 1.82) is 0 Å². The smallest absolute Gasteiger partial charge is 0.161 e. The van der Waals surface area contributed by atoms with Crippen LogP contribution in [0.2, 0.25) is 0 Å². The lowest BCUT2D eigenvalue weighted by Gasteiger charge is -2.48. The van der Waals surface area contributed by atoms with Gasteiger partial charge in [-0.3, -0.25) is 0 Å². The molecule has 57 heavy (non-hydrogen) atoms. The normalized spacial score (nSPS) is 20.0. The molecule has 4 aliphatic rings. The summed E-state index contributed by atoms with van der Waals surface area (Å²) < 4.78 is 7.28. The number of nitrogens with zero attached hydrogens (tertiary/aromatic N) is 2. The van der Waals surface area contributed by atoms with Gasteiger partial charge in [-0.1, -0.05) is 189 Å². The first-order valence-corrected chi connectivity index (χ1v) is 20.1. The van der Waals surface area contributed by atoms with Crippen LogP contribution in [-0.2, 0) is 5.41 Å². The van der Waals surface area contributed by atoms with Crippen molar-refractivity contribution in [2.24, 2.45) is 5.92 Å². The minimum absolute atomic E-state index is 0.0902. The van der Waals surface area contributed by atoms with Crippen LogP contribution in [0.4, 0.5) is 0 Å². The fourth-order valence-electron chi connectivity index (χ4n) is 9.97. The summed E-state index contributed by atoms with van der Waals surface area (Å²) in [4.78, 5) is 10.8. The Kier molecular flexibility index (Phi) is 7.89. The summed E-state index contributed by atoms with van der Waals surface area (Å²) in [6.07, 6.45) is 13.3. The van der Waals surface area contributed by atoms with Gasteiger partial charge in [0.15, 0.2) is 5.82 Å². The number of para-hydroxylation sites is 1. The summed E-state index contributed by atoms with van der Waals surface area (Å²) in [5, 5.41) is 0. The molecule has 3 nitrogen and oxygen atoms in total. The Hall–Kier alpha value is -6.84. The van der Waals surface area contributed by atoms with Crippen LogP contribution < -0.4 is 4.74 Å². The highest BCUT2D eigenvalue weighted by Gasteiger charge is 2.56. The number of rotatable bonds is 5. The van der Waals surface area contributed by atoms with Crippen LogP contribution in [0.15, 0.2) is 199 Å². The van der Waals surface area contributed by atoms with Gasteiger partial charge in [0.2, 0.25) is 0 Å². The van der Waals surface area contributed by atoms with Gasteiger partial charge in [0.25, 0.3) is 0 Å². The van der Waals surface area contributed by atoms with E-state index in [1.54, 1.807) is 0 Å². The van der Waals surface area contributed by atoms with Crippen LogP contribution in [0.5, 0.6) is 5.75 Å². The number of hydrogen-bond donors (Lipinski definition) is 0. The van der Waals surface area contributed by atoms with Gasteiger partial charge in [0, 0.05) is 34.2 Å². The highest BCUT2D eigenvalue weighted by Crippen LogP contribution is 2.64. The monoisotopic (exact) mass is 732 g/mol. The van der Waals surface area contributed by atoms with Crippen molar-refractivity contribution in [3.8, 4) is 61.9 Å². The van der Waals surface area contributed by atoms with Crippen LogP contribution in [0.1, 0.15) is 36.5 Å². The third-order valence-corrected chi connectivity index (χ3v) is 12.3. The number of aromatic nitrogens is 2. The zero-order valence-corrected chi connectivity index (χ0v) is 31.8. The molecule has 1 aromatic heterocycles. The standard InChI is InChI=1S/C54H40N2O/c1-35-18-16-28-42-40-25-12-13-30-45(40)54(51(35)42)46-31-14-15-33-50(46)57-52-43(29-17-32-47(52)54)39-24-9-11-27-44(39)53-55-48(37-21-6-3-7-22-37)34-49(56-53)41-26-10-8-23-38(41)36-19-4-2-5-20-36/h2-17,19-32,34-35,50H,18,33H2,1H3. The third kappa shape index (κ3) is 5.19. The van der Waals surface area contributed by atoms with Gasteiger partial charge in [-0.05, 0) is 62.9 Å². The van der Waals surface area contributed by atoms with E-state index in [-0.39, 0.29) is 6.10 Å². The summed E-state index contributed by atoms with van der Waals surface area (Å²) in [6, 6.07) is 56.1. The molecule has 1 aliphatic heterocycles. The summed E-state index contributed by atoms with van der Waals surface area (Å²) in [6.45, 7) is 2.40. The van der Waals surface area contributed by atoms with Crippen molar-refractivity contribution in [3.63, 3.8) is 0 Å². The fraction of sp³-hybridized carbons (Fsp3) is 0.111. The van der Waals surface area contributed by atoms with Gasteiger partial charge in [-0.15, -0.1) is 0 Å². The Morgan fingerprint density at radius 1 is 0.544 bits per heavy atom. The molecular weight excluding hydrogens is 693 g/mol. The van der Waals surface area contributed by atoms with E-state index in [1.165, 1.54) is 33.4 Å². The molecule has 3 unspecified atom stereocenters. The van der Waals surface area contributed by atoms with Crippen molar-refractivity contribution in [2.45, 2.75) is 31.3 Å². The summed E-state index contributed by atoms with van der Waals surface area (Å²) in [5.74, 6) is 2.00. The molecule has 272 valence electrons. The van der Waals surface area contributed by atoms with Crippen LogP contribution >= 0.6 is 0 Å². The van der Waals surface area contributed by atoms with Crippen LogP contribution in [0, 0.1) is 5.92 Å². The van der Waals surface area contributed by atoms with Crippen LogP contribution in [-0.4, -0.2) is 16.1 Å². The summed E-state index contributed by atoms with van der Waals surface area (Å²) >= 11 is 0. The van der Waals surface area contributed by atoms with Gasteiger partial charge in [-0.2, -0.15) is 0 Å². The van der Waals surface area contributed by atoms with E-state index in [1.807, 2.05) is 6.07 Å². The Morgan fingerprint density at radius 3 is 1.98 bits per heavy atom. The van der Waals surface area contributed by atoms with Gasteiger partial charge < -0.3 is 4.74 Å². The van der Waals surface area contributed by atoms with Crippen molar-refractivity contribution in [3.05, 3.63) is 216 Å². The van der Waals surface area contributed by atoms with E-state index in [4.69, 9.17) is 14.7 Å². The minimum Gasteiger partial charge on any atom is -0.485 e. The van der Waals surface area contributed by atoms with E-state index in [0.29, 0.717) is 11.7 Å². The molecule has 3 heteroatoms. The van der Waals surface area contributed by atoms with E-state index in [2.05, 4.69) is 189 Å². The molecule has 3 atom stereocenters. The Morgan fingerprint density at radius 2 is 1.18 bits per heavy atom. The highest BCUT2D eigenvalue weighted by molar-refractivity contribution is 5.94. The first-order chi connectivity index (χ1) is 28.2. The van der Waals surface area contributed by atoms with E-state index in [9.17, 15) is 0 Å². The Balaban J connectivity index is 1.15. The minimum atomic E-state index is -0.428. The molecule has 0 amide bonds. The molecule has 0 bridgehead atoms. The zero-order chi connectivity index (χ0) is 37.9. The molecule has 3 aliphatic carbocycles. The molecule has 0 saturated heterocycles. The van der Waals surface area contributed by atoms with Crippen molar-refractivity contribution in [1.82, 2.24) is 9.97 Å². The maximum absolute atomic E-state index is 7.28. The van der Waals surface area contributed by atoms with Gasteiger partial charge in [0.1, 0.15) is 11.9 Å². The second-order valence-electron chi connectivity index (χ2n) is 15.5. The first kappa shape index (κ1) is 33.5. The second kappa shape index (κ2) is 13.4. The molecular formula is C54H40N2O. The van der Waals surface area contributed by atoms with Gasteiger partial charge >= 0.3 is 0 Å². The summed E-state index contributed by atoms with van der Waals surface area (Å²) in [7, 11) is 0. The SMILES string of the molecule is CC1CC=CC2=C1C1(C3=CC=CCC3Oc3c(-c4ccccc4-c4nc(-c5ccccc5)cc(-c5ccccc5-c5ccccc5)n4)cccc31)c1ccccc12. The van der Waals surface area contributed by atoms with Crippen molar-refractivity contribution >= 4 is 5.57 Å². The lowest BCUT2D eigenvalue weighted by Crippen LogP contribution is -2.44. The maximum atomic E-state index is 7.28. The first-order valence-electron chi connectivity index (χ1n) is 20.1. The molecule has 0 saturated carbocycles. The predicted octanol–water partition coefficient (Wildman–Crippen LogP) is 13.1. The maximum Gasteiger partial charge on any atom is 0.161 e. The number of ether oxygens (including phenoxy) is 1. The molecule has 7 aromatic rings.